The number of amides is 2. The molecule has 52 heavy (non-hydrogen) atoms. The van der Waals surface area contributed by atoms with Crippen molar-refractivity contribution < 1.29 is 9.59 Å². The number of fused-ring (bicyclic) bond motifs is 4. The van der Waals surface area contributed by atoms with E-state index >= 15 is 0 Å². The second-order valence-corrected chi connectivity index (χ2v) is 12.6. The number of para-hydroxylation sites is 1. The summed E-state index contributed by atoms with van der Waals surface area (Å²) >= 11 is 0. The molecule has 6 heteroatoms. The number of imide groups is 1. The van der Waals surface area contributed by atoms with E-state index in [1.54, 1.807) is 18.2 Å². The van der Waals surface area contributed by atoms with E-state index in [4.69, 9.17) is 0 Å². The lowest BCUT2D eigenvalue weighted by Gasteiger charge is -2.18. The lowest BCUT2D eigenvalue weighted by atomic mass is 9.91. The maximum absolute atomic E-state index is 14.7. The van der Waals surface area contributed by atoms with E-state index in [1.165, 1.54) is 4.90 Å². The first-order chi connectivity index (χ1) is 25.6. The average molecular weight is 667 g/mol. The molecular formula is C46H26N4O2. The number of benzene rings is 7. The molecule has 2 heterocycles. The number of carbonyl (C=O) groups is 2. The molecule has 0 N–H and O–H groups in total. The van der Waals surface area contributed by atoms with Crippen molar-refractivity contribution in [2.24, 2.45) is 0 Å². The van der Waals surface area contributed by atoms with E-state index in [9.17, 15) is 20.1 Å². The van der Waals surface area contributed by atoms with E-state index < -0.39 is 11.8 Å². The molecule has 0 spiro atoms. The van der Waals surface area contributed by atoms with Gasteiger partial charge in [0.25, 0.3) is 11.8 Å². The lowest BCUT2D eigenvalue weighted by molar-refractivity contribution is 0.0926. The topological polar surface area (TPSA) is 89.9 Å². The highest BCUT2D eigenvalue weighted by atomic mass is 16.2. The van der Waals surface area contributed by atoms with Crippen molar-refractivity contribution in [2.45, 2.75) is 0 Å². The van der Waals surface area contributed by atoms with Crippen molar-refractivity contribution >= 4 is 39.3 Å². The van der Waals surface area contributed by atoms with Gasteiger partial charge in [0.2, 0.25) is 0 Å². The number of anilines is 1. The minimum absolute atomic E-state index is 0.305. The molecule has 0 fully saturated rings. The Labute approximate surface area is 299 Å². The van der Waals surface area contributed by atoms with Gasteiger partial charge in [-0.1, -0.05) is 115 Å². The normalized spacial score (nSPS) is 12.2. The van der Waals surface area contributed by atoms with Gasteiger partial charge in [-0.25, -0.2) is 4.90 Å². The Morgan fingerprint density at radius 1 is 0.404 bits per heavy atom. The van der Waals surface area contributed by atoms with Crippen LogP contribution in [0.25, 0.3) is 60.9 Å². The molecule has 7 aromatic carbocycles. The zero-order chi connectivity index (χ0) is 35.3. The minimum atomic E-state index is -0.411. The Balaban J connectivity index is 1.35. The first kappa shape index (κ1) is 30.5. The van der Waals surface area contributed by atoms with Crippen LogP contribution in [0.2, 0.25) is 0 Å². The number of hydrogen-bond acceptors (Lipinski definition) is 4. The first-order valence-electron chi connectivity index (χ1n) is 16.8. The number of hydrogen-bond donors (Lipinski definition) is 0. The fourth-order valence-electron chi connectivity index (χ4n) is 7.65. The van der Waals surface area contributed by atoms with Crippen molar-refractivity contribution in [3.05, 3.63) is 180 Å². The minimum Gasteiger partial charge on any atom is -0.308 e. The summed E-state index contributed by atoms with van der Waals surface area (Å²) in [5.74, 6) is -0.802. The van der Waals surface area contributed by atoms with Crippen LogP contribution in [0.1, 0.15) is 31.8 Å². The van der Waals surface area contributed by atoms with Crippen molar-refractivity contribution in [3.8, 4) is 51.2 Å². The molecule has 0 aliphatic carbocycles. The quantitative estimate of drug-likeness (QED) is 0.171. The van der Waals surface area contributed by atoms with Gasteiger partial charge in [0.05, 0.1) is 56.8 Å². The van der Waals surface area contributed by atoms with Crippen molar-refractivity contribution in [3.63, 3.8) is 0 Å². The van der Waals surface area contributed by atoms with Crippen LogP contribution in [0, 0.1) is 22.7 Å². The maximum atomic E-state index is 14.7. The summed E-state index contributed by atoms with van der Waals surface area (Å²) < 4.78 is 2.04. The molecule has 6 nitrogen and oxygen atoms in total. The highest BCUT2D eigenvalue weighted by Crippen LogP contribution is 2.46. The third-order valence-corrected chi connectivity index (χ3v) is 9.86. The van der Waals surface area contributed by atoms with Crippen LogP contribution in [0.3, 0.4) is 0 Å². The van der Waals surface area contributed by atoms with Gasteiger partial charge in [-0.3, -0.25) is 9.59 Å². The van der Waals surface area contributed by atoms with Gasteiger partial charge in [-0.2, -0.15) is 10.5 Å². The second-order valence-electron chi connectivity index (χ2n) is 12.6. The molecular weight excluding hydrogens is 641 g/mol. The number of rotatable bonds is 5. The summed E-state index contributed by atoms with van der Waals surface area (Å²) in [6.07, 6.45) is 0. The molecule has 1 aliphatic heterocycles. The SMILES string of the molecule is N#Cc1ccccc1-c1cccc2c1c1c(-c3ccccc3C#N)cccc1n2-c1cccc2c1C(=O)N(c1ccccc1-c1ccccc1)C2=O. The fourth-order valence-corrected chi connectivity index (χ4v) is 7.65. The predicted octanol–water partition coefficient (Wildman–Crippen LogP) is 10.3. The zero-order valence-electron chi connectivity index (χ0n) is 27.6. The predicted molar refractivity (Wildman–Crippen MR) is 204 cm³/mol. The number of carbonyl (C=O) groups excluding carboxylic acids is 2. The Morgan fingerprint density at radius 3 is 1.46 bits per heavy atom. The standard InChI is InChI=1S/C46H26N4O2/c47-27-30-15-4-6-17-32(30)35-20-10-24-39-42(35)43-36(33-18-7-5-16-31(33)28-48)21-11-25-40(43)49(39)41-26-12-22-37-44(41)46(52)50(45(37)51)38-23-9-8-19-34(38)29-13-2-1-3-14-29/h1-26H. The van der Waals surface area contributed by atoms with E-state index in [0.29, 0.717) is 33.6 Å². The molecule has 0 bridgehead atoms. The fraction of sp³-hybridized carbons (Fsp3) is 0. The van der Waals surface area contributed by atoms with Crippen LogP contribution >= 0.6 is 0 Å². The second kappa shape index (κ2) is 12.1. The Kier molecular flexibility index (Phi) is 7.10. The summed E-state index contributed by atoms with van der Waals surface area (Å²) in [6, 6.07) is 54.2. The molecule has 0 saturated heterocycles. The zero-order valence-corrected chi connectivity index (χ0v) is 27.6. The van der Waals surface area contributed by atoms with Crippen LogP contribution in [-0.2, 0) is 0 Å². The van der Waals surface area contributed by atoms with Gasteiger partial charge in [-0.05, 0) is 59.2 Å². The van der Waals surface area contributed by atoms with Crippen LogP contribution in [-0.4, -0.2) is 16.4 Å². The highest BCUT2D eigenvalue weighted by molar-refractivity contribution is 6.36. The summed E-state index contributed by atoms with van der Waals surface area (Å²) in [5, 5.41) is 22.0. The van der Waals surface area contributed by atoms with Gasteiger partial charge in [0.1, 0.15) is 0 Å². The molecule has 8 aromatic rings. The molecule has 0 unspecified atom stereocenters. The van der Waals surface area contributed by atoms with Crippen LogP contribution in [0.5, 0.6) is 0 Å². The summed E-state index contributed by atoms with van der Waals surface area (Å²) in [4.78, 5) is 30.3. The summed E-state index contributed by atoms with van der Waals surface area (Å²) in [5.41, 5.74) is 9.23. The van der Waals surface area contributed by atoms with Gasteiger partial charge < -0.3 is 4.57 Å². The smallest absolute Gasteiger partial charge is 0.268 e. The summed E-state index contributed by atoms with van der Waals surface area (Å²) in [7, 11) is 0. The molecule has 1 aliphatic rings. The number of aromatic nitrogens is 1. The third-order valence-electron chi connectivity index (χ3n) is 9.86. The van der Waals surface area contributed by atoms with Crippen molar-refractivity contribution in [2.75, 3.05) is 4.90 Å². The third kappa shape index (κ3) is 4.49. The van der Waals surface area contributed by atoms with E-state index in [2.05, 4.69) is 12.1 Å². The van der Waals surface area contributed by atoms with Crippen molar-refractivity contribution in [1.82, 2.24) is 4.57 Å². The number of nitrogens with zero attached hydrogens (tertiary/aromatic N) is 4. The molecule has 0 saturated carbocycles. The summed E-state index contributed by atoms with van der Waals surface area (Å²) in [6.45, 7) is 0. The molecule has 0 atom stereocenters. The Morgan fingerprint density at radius 2 is 0.865 bits per heavy atom. The number of nitriles is 2. The molecule has 2 amide bonds. The largest absolute Gasteiger partial charge is 0.308 e. The first-order valence-corrected chi connectivity index (χ1v) is 16.8. The average Bonchev–Trinajstić information content (AvgIpc) is 3.68. The highest BCUT2D eigenvalue weighted by Gasteiger charge is 2.40. The Hall–Kier alpha value is -7.54. The molecule has 242 valence electrons. The molecule has 0 radical (unpaired) electrons. The van der Waals surface area contributed by atoms with Crippen LogP contribution < -0.4 is 4.90 Å². The molecule has 9 rings (SSSR count). The van der Waals surface area contributed by atoms with E-state index in [1.807, 2.05) is 144 Å². The van der Waals surface area contributed by atoms with Gasteiger partial charge >= 0.3 is 0 Å². The van der Waals surface area contributed by atoms with E-state index in [0.717, 1.165) is 55.2 Å². The maximum Gasteiger partial charge on any atom is 0.268 e. The van der Waals surface area contributed by atoms with E-state index in [-0.39, 0.29) is 0 Å². The Bertz CT molecular complexity index is 2760. The monoisotopic (exact) mass is 666 g/mol. The van der Waals surface area contributed by atoms with Gasteiger partial charge in [-0.15, -0.1) is 0 Å². The lowest BCUT2D eigenvalue weighted by Crippen LogP contribution is -2.30. The van der Waals surface area contributed by atoms with Gasteiger partial charge in [0.15, 0.2) is 0 Å². The van der Waals surface area contributed by atoms with Crippen LogP contribution in [0.15, 0.2) is 158 Å². The van der Waals surface area contributed by atoms with Gasteiger partial charge in [0, 0.05) is 27.5 Å². The van der Waals surface area contributed by atoms with Crippen molar-refractivity contribution in [1.29, 1.82) is 10.5 Å². The molecule has 1 aromatic heterocycles. The van der Waals surface area contributed by atoms with Crippen LogP contribution in [0.4, 0.5) is 5.69 Å².